The minimum absolute atomic E-state index is 0.162. The van der Waals surface area contributed by atoms with Crippen LogP contribution in [0.25, 0.3) is 10.2 Å². The largest absolute Gasteiger partial charge is 0.469 e. The first kappa shape index (κ1) is 19.3. The van der Waals surface area contributed by atoms with Crippen molar-refractivity contribution in [1.29, 1.82) is 0 Å². The van der Waals surface area contributed by atoms with Crippen LogP contribution < -0.4 is 10.7 Å². The molecule has 0 bridgehead atoms. The number of ether oxygens (including phenoxy) is 1. The van der Waals surface area contributed by atoms with Crippen LogP contribution in [0.5, 0.6) is 0 Å². The maximum absolute atomic E-state index is 11.0. The van der Waals surface area contributed by atoms with Crippen LogP contribution in [0.4, 0.5) is 0 Å². The van der Waals surface area contributed by atoms with Crippen molar-refractivity contribution in [1.82, 2.24) is 15.7 Å². The lowest BCUT2D eigenvalue weighted by atomic mass is 10.2. The Labute approximate surface area is 156 Å². The zero-order valence-corrected chi connectivity index (χ0v) is 16.0. The molecule has 0 spiro atoms. The molecule has 0 radical (unpaired) electrons. The van der Waals surface area contributed by atoms with Gasteiger partial charge in [-0.2, -0.15) is 5.10 Å². The number of aromatic nitrogens is 1. The molecule has 1 heterocycles. The number of thiocarbonyl (C=S) groups is 1. The van der Waals surface area contributed by atoms with Crippen LogP contribution in [-0.2, 0) is 9.53 Å². The molecule has 0 fully saturated rings. The number of hydrogen-bond donors (Lipinski definition) is 2. The van der Waals surface area contributed by atoms with Crippen LogP contribution in [0.1, 0.15) is 37.6 Å². The molecule has 0 unspecified atom stereocenters. The fourth-order valence-electron chi connectivity index (χ4n) is 2.12. The second-order valence-corrected chi connectivity index (χ2v) is 6.88. The Kier molecular flexibility index (Phi) is 7.75. The first-order valence-electron chi connectivity index (χ1n) is 8.11. The first-order valence-corrected chi connectivity index (χ1v) is 9.33. The number of esters is 1. The number of nitrogens with zero attached hydrogens (tertiary/aromatic N) is 2. The van der Waals surface area contributed by atoms with E-state index in [2.05, 4.69) is 25.6 Å². The lowest BCUT2D eigenvalue weighted by Gasteiger charge is -2.07. The Morgan fingerprint density at radius 1 is 1.32 bits per heavy atom. The van der Waals surface area contributed by atoms with E-state index in [1.807, 2.05) is 31.2 Å². The van der Waals surface area contributed by atoms with Crippen LogP contribution in [0.15, 0.2) is 29.4 Å². The van der Waals surface area contributed by atoms with Gasteiger partial charge in [0.05, 0.1) is 23.0 Å². The van der Waals surface area contributed by atoms with Crippen LogP contribution in [0.2, 0.25) is 0 Å². The average molecular weight is 379 g/mol. The molecule has 134 valence electrons. The Bertz CT molecular complexity index is 725. The van der Waals surface area contributed by atoms with Gasteiger partial charge in [-0.3, -0.25) is 10.2 Å². The third-order valence-corrected chi connectivity index (χ3v) is 4.88. The Hall–Kier alpha value is -2.06. The maximum atomic E-state index is 11.0. The van der Waals surface area contributed by atoms with E-state index in [-0.39, 0.29) is 5.97 Å². The van der Waals surface area contributed by atoms with Gasteiger partial charge in [-0.15, -0.1) is 11.3 Å². The SMILES string of the molecule is COC(=O)CCCCCNC(=S)N/N=C(/C)c1nc2ccccc2s1. The summed E-state index contributed by atoms with van der Waals surface area (Å²) in [7, 11) is 1.41. The van der Waals surface area contributed by atoms with Gasteiger partial charge in [-0.05, 0) is 44.1 Å². The lowest BCUT2D eigenvalue weighted by Crippen LogP contribution is -2.33. The molecule has 0 amide bonds. The van der Waals surface area contributed by atoms with Crippen molar-refractivity contribution in [3.8, 4) is 0 Å². The molecule has 25 heavy (non-hydrogen) atoms. The third kappa shape index (κ3) is 6.39. The number of methoxy groups -OCH3 is 1. The molecule has 2 N–H and O–H groups in total. The molecule has 0 saturated heterocycles. The summed E-state index contributed by atoms with van der Waals surface area (Å²) in [5.74, 6) is -0.162. The summed E-state index contributed by atoms with van der Waals surface area (Å²) in [5.41, 5.74) is 4.62. The van der Waals surface area contributed by atoms with Gasteiger partial charge in [0.1, 0.15) is 5.01 Å². The van der Waals surface area contributed by atoms with Crippen molar-refractivity contribution in [2.24, 2.45) is 5.10 Å². The molecule has 8 heteroatoms. The van der Waals surface area contributed by atoms with Crippen LogP contribution in [0.3, 0.4) is 0 Å². The zero-order valence-electron chi connectivity index (χ0n) is 14.4. The topological polar surface area (TPSA) is 75.6 Å². The number of carbonyl (C=O) groups is 1. The summed E-state index contributed by atoms with van der Waals surface area (Å²) >= 11 is 6.81. The summed E-state index contributed by atoms with van der Waals surface area (Å²) in [6.45, 7) is 2.64. The standard InChI is InChI=1S/C17H22N4O2S2/c1-12(16-19-13-8-5-6-9-14(13)25-16)20-21-17(24)18-11-7-3-4-10-15(22)23-2/h5-6,8-9H,3-4,7,10-11H2,1-2H3,(H2,18,21,24)/b20-12-. The van der Waals surface area contributed by atoms with Crippen LogP contribution in [-0.4, -0.2) is 35.4 Å². The molecule has 1 aromatic carbocycles. The van der Waals surface area contributed by atoms with Crippen LogP contribution in [0, 0.1) is 0 Å². The molecule has 0 saturated carbocycles. The van der Waals surface area contributed by atoms with Crippen molar-refractivity contribution in [3.63, 3.8) is 0 Å². The number of hydrazone groups is 1. The van der Waals surface area contributed by atoms with Gasteiger partial charge < -0.3 is 10.1 Å². The fourth-order valence-corrected chi connectivity index (χ4v) is 3.18. The van der Waals surface area contributed by atoms with Gasteiger partial charge >= 0.3 is 5.97 Å². The number of rotatable bonds is 8. The predicted molar refractivity (Wildman–Crippen MR) is 106 cm³/mol. The minimum Gasteiger partial charge on any atom is -0.469 e. The van der Waals surface area contributed by atoms with Crippen LogP contribution >= 0.6 is 23.6 Å². The summed E-state index contributed by atoms with van der Waals surface area (Å²) in [6, 6.07) is 8.01. The highest BCUT2D eigenvalue weighted by Gasteiger charge is 2.06. The van der Waals surface area contributed by atoms with Gasteiger partial charge in [0, 0.05) is 13.0 Å². The smallest absolute Gasteiger partial charge is 0.305 e. The summed E-state index contributed by atoms with van der Waals surface area (Å²) in [4.78, 5) is 15.5. The van der Waals surface area contributed by atoms with Gasteiger partial charge in [0.15, 0.2) is 5.11 Å². The zero-order chi connectivity index (χ0) is 18.1. The van der Waals surface area contributed by atoms with E-state index >= 15 is 0 Å². The summed E-state index contributed by atoms with van der Waals surface area (Å²) < 4.78 is 5.74. The van der Waals surface area contributed by atoms with Crippen molar-refractivity contribution in [2.45, 2.75) is 32.6 Å². The molecule has 2 aromatic rings. The molecule has 0 aliphatic rings. The van der Waals surface area contributed by atoms with E-state index in [9.17, 15) is 4.79 Å². The van der Waals surface area contributed by atoms with E-state index in [0.717, 1.165) is 46.7 Å². The average Bonchev–Trinajstić information content (AvgIpc) is 3.06. The molecule has 0 aliphatic carbocycles. The van der Waals surface area contributed by atoms with E-state index in [0.29, 0.717) is 11.5 Å². The number of unbranched alkanes of at least 4 members (excludes halogenated alkanes) is 2. The Morgan fingerprint density at radius 2 is 2.12 bits per heavy atom. The quantitative estimate of drug-likeness (QED) is 0.241. The second kappa shape index (κ2) is 10.0. The Balaban J connectivity index is 1.69. The molecule has 0 atom stereocenters. The molecular formula is C17H22N4O2S2. The third-order valence-electron chi connectivity index (χ3n) is 3.50. The molecule has 0 aliphatic heterocycles. The van der Waals surface area contributed by atoms with E-state index < -0.39 is 0 Å². The monoisotopic (exact) mass is 378 g/mol. The predicted octanol–water partition coefficient (Wildman–Crippen LogP) is 3.22. The van der Waals surface area contributed by atoms with E-state index in [1.54, 1.807) is 11.3 Å². The van der Waals surface area contributed by atoms with E-state index in [4.69, 9.17) is 12.2 Å². The number of thiazole rings is 1. The second-order valence-electron chi connectivity index (χ2n) is 5.44. The minimum atomic E-state index is -0.162. The van der Waals surface area contributed by atoms with Crippen molar-refractivity contribution < 1.29 is 9.53 Å². The molecular weight excluding hydrogens is 356 g/mol. The fraction of sp³-hybridized carbons (Fsp3) is 0.412. The van der Waals surface area contributed by atoms with E-state index in [1.165, 1.54) is 7.11 Å². The van der Waals surface area contributed by atoms with Crippen molar-refractivity contribution >= 4 is 50.6 Å². The van der Waals surface area contributed by atoms with Gasteiger partial charge in [-0.25, -0.2) is 4.98 Å². The normalized spacial score (nSPS) is 11.4. The molecule has 2 rings (SSSR count). The summed E-state index contributed by atoms with van der Waals surface area (Å²) in [5, 5.41) is 8.74. The van der Waals surface area contributed by atoms with Crippen molar-refractivity contribution in [2.75, 3.05) is 13.7 Å². The Morgan fingerprint density at radius 3 is 2.88 bits per heavy atom. The maximum Gasteiger partial charge on any atom is 0.305 e. The van der Waals surface area contributed by atoms with Crippen molar-refractivity contribution in [3.05, 3.63) is 29.3 Å². The number of fused-ring (bicyclic) bond motifs is 1. The number of carbonyl (C=O) groups excluding carboxylic acids is 1. The number of hydrogen-bond acceptors (Lipinski definition) is 6. The van der Waals surface area contributed by atoms with Gasteiger partial charge in [-0.1, -0.05) is 18.6 Å². The molecule has 1 aromatic heterocycles. The summed E-state index contributed by atoms with van der Waals surface area (Å²) in [6.07, 6.45) is 3.16. The first-order chi connectivity index (χ1) is 12.1. The number of para-hydroxylation sites is 1. The number of nitrogens with one attached hydrogen (secondary N) is 2. The lowest BCUT2D eigenvalue weighted by molar-refractivity contribution is -0.140. The van der Waals surface area contributed by atoms with Gasteiger partial charge in [0.25, 0.3) is 0 Å². The van der Waals surface area contributed by atoms with Gasteiger partial charge in [0.2, 0.25) is 0 Å². The highest BCUT2D eigenvalue weighted by molar-refractivity contribution is 7.80. The highest BCUT2D eigenvalue weighted by Crippen LogP contribution is 2.21. The number of benzene rings is 1. The highest BCUT2D eigenvalue weighted by atomic mass is 32.1. The molecule has 6 nitrogen and oxygen atoms in total.